The van der Waals surface area contributed by atoms with Gasteiger partial charge in [0.2, 0.25) is 0 Å². The first-order valence-corrected chi connectivity index (χ1v) is 29.0. The van der Waals surface area contributed by atoms with Gasteiger partial charge in [0.25, 0.3) is 0 Å². The number of pyridine rings is 1. The molecular weight excluding hydrogens is 1850 g/mol. The second-order valence-corrected chi connectivity index (χ2v) is 22.5. The first-order valence-electron chi connectivity index (χ1n) is 29.0. The van der Waals surface area contributed by atoms with Gasteiger partial charge in [-0.2, -0.15) is 15.3 Å². The number of hydrogen-bond acceptors (Lipinski definition) is 9. The van der Waals surface area contributed by atoms with Gasteiger partial charge in [-0.05, 0) is 63.9 Å². The van der Waals surface area contributed by atoms with E-state index in [1.807, 2.05) is 154 Å². The van der Waals surface area contributed by atoms with Crippen molar-refractivity contribution in [3.8, 4) is 101 Å². The summed E-state index contributed by atoms with van der Waals surface area (Å²) >= 11 is 0. The van der Waals surface area contributed by atoms with E-state index < -0.39 is 0 Å². The van der Waals surface area contributed by atoms with Gasteiger partial charge in [0.15, 0.2) is 0 Å². The molecule has 2 aliphatic rings. The number of rotatable bonds is 8. The number of fused-ring (bicyclic) bond motifs is 6. The monoisotopic (exact) mass is 1920 g/mol. The fourth-order valence-corrected chi connectivity index (χ4v) is 11.4. The van der Waals surface area contributed by atoms with Crippen LogP contribution in [-0.2, 0) is 106 Å². The van der Waals surface area contributed by atoms with Gasteiger partial charge in [-0.25, -0.2) is 14.5 Å². The molecule has 3 radical (unpaired) electrons. The van der Waals surface area contributed by atoms with Crippen LogP contribution in [0.15, 0.2) is 250 Å². The predicted molar refractivity (Wildman–Crippen MR) is 346 cm³/mol. The second-order valence-electron chi connectivity index (χ2n) is 22.5. The van der Waals surface area contributed by atoms with E-state index >= 15 is 0 Å². The van der Waals surface area contributed by atoms with Crippen molar-refractivity contribution in [2.75, 3.05) is 0 Å². The smallest absolute Gasteiger partial charge is 0.108 e. The Hall–Kier alpha value is -8.67. The van der Waals surface area contributed by atoms with E-state index in [9.17, 15) is 0 Å². The van der Waals surface area contributed by atoms with E-state index in [4.69, 9.17) is 0 Å². The minimum Gasteiger partial charge on any atom is -0.265 e. The third-order valence-electron chi connectivity index (χ3n) is 16.0. The summed E-state index contributed by atoms with van der Waals surface area (Å²) in [5.41, 5.74) is 22.3. The van der Waals surface area contributed by atoms with Gasteiger partial charge >= 0.3 is 0 Å². The zero-order valence-corrected chi connectivity index (χ0v) is 60.3. The molecule has 0 saturated carbocycles. The van der Waals surface area contributed by atoms with Crippen molar-refractivity contribution < 1.29 is 81.4 Å². The van der Waals surface area contributed by atoms with E-state index in [1.54, 1.807) is 37.6 Å². The number of hydrogen-bond donors (Lipinski definition) is 0. The molecule has 14 aromatic rings. The Labute approximate surface area is 590 Å². The van der Waals surface area contributed by atoms with Gasteiger partial charge in [-0.1, -0.05) is 187 Å². The zero-order valence-electron chi connectivity index (χ0n) is 50.8. The molecule has 17 heteroatoms. The van der Waals surface area contributed by atoms with Gasteiger partial charge < -0.3 is 0 Å². The molecule has 13 nitrogen and oxygen atoms in total. The van der Waals surface area contributed by atoms with Gasteiger partial charge in [-0.3, -0.25) is 24.3 Å². The molecule has 16 rings (SSSR count). The summed E-state index contributed by atoms with van der Waals surface area (Å²) in [6, 6.07) is 86.9. The largest absolute Gasteiger partial charge is 0.265 e. The summed E-state index contributed by atoms with van der Waals surface area (Å²) in [7, 11) is 3.76. The molecule has 0 bridgehead atoms. The van der Waals surface area contributed by atoms with Crippen molar-refractivity contribution in [1.82, 2.24) is 64.5 Å². The average molecular weight is 1910 g/mol. The van der Waals surface area contributed by atoms with Crippen LogP contribution in [0.4, 0.5) is 0 Å². The number of para-hydroxylation sites is 2. The standard InChI is InChI=1S/C20H14N3.C19H13N4.2C18H16N3.3Ir.Pt/c1-3-8-16(9-4-1)17-10-7-11-18(14-17)20-21-15-23(22-20)19-12-5-2-6-13-19;1-2-9-17(10-3-1)23-14-19(21-22-23)16-8-6-7-15(13-16)18-11-4-5-12-20-18;1-18(2)15-7-5-4-6-13(15)14-9-8-12(10-16(14)18)17-19-11-21(3)20-17;1-18(2)15-7-5-4-6-13(15)14-9-8-12(10-16(14)18)17-11-21(3)20-19-17;;;;/h1-10,12-15H;1-7,9-14H;2*4-7,9-11H,1-3H3;;;;/q4*-1;;;;. The van der Waals surface area contributed by atoms with Gasteiger partial charge in [-0.15, -0.1) is 124 Å². The molecule has 0 N–H and O–H groups in total. The van der Waals surface area contributed by atoms with E-state index in [-0.39, 0.29) is 92.2 Å². The Morgan fingerprint density at radius 2 is 0.859 bits per heavy atom. The maximum Gasteiger partial charge on any atom is 0.108 e. The molecule has 5 heterocycles. The summed E-state index contributed by atoms with van der Waals surface area (Å²) < 4.78 is 6.97. The van der Waals surface area contributed by atoms with Crippen molar-refractivity contribution in [3.05, 3.63) is 296 Å². The summed E-state index contributed by atoms with van der Waals surface area (Å²) in [6.45, 7) is 9.09. The molecule has 465 valence electrons. The average Bonchev–Trinajstić information content (AvgIpc) is 1.59. The normalized spacial score (nSPS) is 12.1. The Morgan fingerprint density at radius 1 is 0.370 bits per heavy atom. The molecule has 5 aromatic heterocycles. The van der Waals surface area contributed by atoms with Crippen molar-refractivity contribution >= 4 is 0 Å². The minimum absolute atomic E-state index is 0. The van der Waals surface area contributed by atoms with Crippen LogP contribution in [0.3, 0.4) is 0 Å². The second kappa shape index (κ2) is 29.7. The van der Waals surface area contributed by atoms with Crippen molar-refractivity contribution in [1.29, 1.82) is 0 Å². The van der Waals surface area contributed by atoms with Crippen LogP contribution in [0.25, 0.3) is 101 Å². The fraction of sp³-hybridized carbons (Fsp3) is 0.107. The van der Waals surface area contributed by atoms with Crippen LogP contribution >= 0.6 is 0 Å². The summed E-state index contributed by atoms with van der Waals surface area (Å²) in [4.78, 5) is 13.1. The number of aromatic nitrogens is 13. The molecule has 0 fully saturated rings. The molecule has 0 unspecified atom stereocenters. The molecule has 0 aliphatic heterocycles. The van der Waals surface area contributed by atoms with Crippen LogP contribution in [-0.4, -0.2) is 64.5 Å². The van der Waals surface area contributed by atoms with E-state index in [0.29, 0.717) is 5.82 Å². The topological polar surface area (TPSA) is 136 Å². The molecule has 9 aromatic carbocycles. The molecule has 0 atom stereocenters. The Kier molecular flexibility index (Phi) is 21.9. The molecule has 0 saturated heterocycles. The third-order valence-corrected chi connectivity index (χ3v) is 16.0. The fourth-order valence-electron chi connectivity index (χ4n) is 11.4. The Bertz CT molecular complexity index is 4440. The predicted octanol–water partition coefficient (Wildman–Crippen LogP) is 15.4. The number of aryl methyl sites for hydroxylation is 2. The van der Waals surface area contributed by atoms with Crippen LogP contribution in [0.5, 0.6) is 0 Å². The minimum atomic E-state index is 0. The SMILES string of the molecule is Cn1cc(-c2[c-]cc3c(c2)C(C)(C)c2ccccc2-3)nn1.Cn1cnc(-c2[c-]cc3c(c2)C(C)(C)c2ccccc2-3)n1.[Ir].[Ir].[Ir].[Pt].[c-]1ccc(-c2ccccc2)cc1-c1ncn(-c2ccccc2)n1.[c-]1ccc(-c2ccccn2)cc1-c1cn(-c2ccccc2)nn1. The van der Waals surface area contributed by atoms with Crippen molar-refractivity contribution in [3.63, 3.8) is 0 Å². The van der Waals surface area contributed by atoms with Crippen molar-refractivity contribution in [2.24, 2.45) is 14.1 Å². The van der Waals surface area contributed by atoms with E-state index in [2.05, 4.69) is 189 Å². The molecule has 92 heavy (non-hydrogen) atoms. The van der Waals surface area contributed by atoms with Crippen LogP contribution in [0, 0.1) is 24.3 Å². The Balaban J connectivity index is 0.000000143. The summed E-state index contributed by atoms with van der Waals surface area (Å²) in [5.74, 6) is 1.40. The third kappa shape index (κ3) is 14.3. The maximum absolute atomic E-state index is 4.56. The van der Waals surface area contributed by atoms with Crippen LogP contribution in [0.2, 0.25) is 0 Å². The first-order chi connectivity index (χ1) is 42.9. The van der Waals surface area contributed by atoms with Crippen molar-refractivity contribution in [2.45, 2.75) is 38.5 Å². The number of nitrogens with zero attached hydrogens (tertiary/aromatic N) is 13. The summed E-state index contributed by atoms with van der Waals surface area (Å²) in [6.07, 6.45) is 9.07. The van der Waals surface area contributed by atoms with E-state index in [0.717, 1.165) is 67.7 Å². The summed E-state index contributed by atoms with van der Waals surface area (Å²) in [5, 5.41) is 25.6. The first kappa shape index (κ1) is 67.7. The van der Waals surface area contributed by atoms with Gasteiger partial charge in [0.05, 0.1) is 28.7 Å². The molecular formula is C75H59Ir3N13Pt-4. The molecule has 2 aliphatic carbocycles. The van der Waals surface area contributed by atoms with Crippen LogP contribution in [0.1, 0.15) is 49.9 Å². The molecule has 0 amide bonds. The van der Waals surface area contributed by atoms with Crippen LogP contribution < -0.4 is 0 Å². The maximum atomic E-state index is 4.56. The zero-order chi connectivity index (χ0) is 60.2. The Morgan fingerprint density at radius 3 is 1.46 bits per heavy atom. The quantitative estimate of drug-likeness (QED) is 0.136. The van der Waals surface area contributed by atoms with E-state index in [1.165, 1.54) is 50.1 Å². The van der Waals surface area contributed by atoms with Gasteiger partial charge in [0.1, 0.15) is 12.7 Å². The van der Waals surface area contributed by atoms with Gasteiger partial charge in [0, 0.05) is 125 Å². The number of benzene rings is 9. The molecule has 0 spiro atoms.